The first-order valence-corrected chi connectivity index (χ1v) is 4.86. The van der Waals surface area contributed by atoms with Crippen LogP contribution >= 0.6 is 0 Å². The summed E-state index contributed by atoms with van der Waals surface area (Å²) in [5.74, 6) is 1.04. The molecule has 2 atom stereocenters. The maximum Gasteiger partial charge on any atom is 0.0625 e. The monoisotopic (exact) mass is 176 g/mol. The first kappa shape index (κ1) is 8.76. The van der Waals surface area contributed by atoms with Gasteiger partial charge in [-0.25, -0.2) is 0 Å². The number of benzene rings is 1. The van der Waals surface area contributed by atoms with Crippen molar-refractivity contribution in [2.45, 2.75) is 31.8 Å². The van der Waals surface area contributed by atoms with Crippen LogP contribution in [0.2, 0.25) is 0 Å². The van der Waals surface area contributed by atoms with Crippen LogP contribution in [0.1, 0.15) is 31.7 Å². The van der Waals surface area contributed by atoms with Gasteiger partial charge in [0.2, 0.25) is 0 Å². The molecule has 1 nitrogen and oxygen atoms in total. The van der Waals surface area contributed by atoms with Crippen molar-refractivity contribution < 1.29 is 5.11 Å². The summed E-state index contributed by atoms with van der Waals surface area (Å²) >= 11 is 0. The third-order valence-electron chi connectivity index (χ3n) is 2.93. The fourth-order valence-electron chi connectivity index (χ4n) is 2.04. The molecule has 0 bridgehead atoms. The second-order valence-corrected chi connectivity index (χ2v) is 4.51. The molecule has 0 saturated heterocycles. The van der Waals surface area contributed by atoms with E-state index in [0.717, 1.165) is 6.42 Å². The summed E-state index contributed by atoms with van der Waals surface area (Å²) in [5.41, 5.74) is 0.857. The van der Waals surface area contributed by atoms with E-state index in [2.05, 4.69) is 24.3 Å². The van der Waals surface area contributed by atoms with Crippen molar-refractivity contribution in [1.29, 1.82) is 0 Å². The van der Waals surface area contributed by atoms with Crippen molar-refractivity contribution in [3.63, 3.8) is 0 Å². The lowest BCUT2D eigenvalue weighted by Crippen LogP contribution is -2.22. The Morgan fingerprint density at radius 3 is 2.31 bits per heavy atom. The quantitative estimate of drug-likeness (QED) is 0.734. The molecule has 0 radical (unpaired) electrons. The van der Waals surface area contributed by atoms with E-state index in [1.807, 2.05) is 19.9 Å². The smallest absolute Gasteiger partial charge is 0.0625 e. The second kappa shape index (κ2) is 2.85. The maximum absolute atomic E-state index is 9.79. The van der Waals surface area contributed by atoms with Crippen LogP contribution in [-0.4, -0.2) is 10.7 Å². The number of hydrogen-bond donors (Lipinski definition) is 1. The first-order chi connectivity index (χ1) is 6.09. The largest absolute Gasteiger partial charge is 0.390 e. The minimum absolute atomic E-state index is 0.454. The topological polar surface area (TPSA) is 20.2 Å². The molecule has 2 unspecified atom stereocenters. The van der Waals surface area contributed by atoms with Gasteiger partial charge in [-0.3, -0.25) is 0 Å². The number of aliphatic hydroxyl groups is 1. The molecule has 1 fully saturated rings. The summed E-state index contributed by atoms with van der Waals surface area (Å²) in [5, 5.41) is 9.79. The lowest BCUT2D eigenvalue weighted by Gasteiger charge is -2.16. The summed E-state index contributed by atoms with van der Waals surface area (Å²) in [6.45, 7) is 3.81. The first-order valence-electron chi connectivity index (χ1n) is 4.86. The van der Waals surface area contributed by atoms with Crippen LogP contribution in [0.3, 0.4) is 0 Å². The van der Waals surface area contributed by atoms with Crippen LogP contribution in [0.15, 0.2) is 30.3 Å². The molecule has 13 heavy (non-hydrogen) atoms. The van der Waals surface area contributed by atoms with E-state index in [-0.39, 0.29) is 0 Å². The second-order valence-electron chi connectivity index (χ2n) is 4.51. The highest BCUT2D eigenvalue weighted by Crippen LogP contribution is 2.53. The van der Waals surface area contributed by atoms with Gasteiger partial charge in [-0.15, -0.1) is 0 Å². The summed E-state index contributed by atoms with van der Waals surface area (Å²) in [4.78, 5) is 0. The van der Waals surface area contributed by atoms with E-state index in [9.17, 15) is 5.11 Å². The molecule has 2 rings (SSSR count). The predicted molar refractivity (Wildman–Crippen MR) is 53.6 cm³/mol. The Balaban J connectivity index is 2.09. The van der Waals surface area contributed by atoms with Crippen LogP contribution in [-0.2, 0) is 0 Å². The maximum atomic E-state index is 9.79. The minimum atomic E-state index is -0.513. The van der Waals surface area contributed by atoms with E-state index in [4.69, 9.17) is 0 Å². The van der Waals surface area contributed by atoms with Crippen molar-refractivity contribution in [2.75, 3.05) is 0 Å². The van der Waals surface area contributed by atoms with Crippen molar-refractivity contribution in [3.05, 3.63) is 35.9 Å². The highest BCUT2D eigenvalue weighted by Gasteiger charge is 2.47. The highest BCUT2D eigenvalue weighted by molar-refractivity contribution is 5.27. The summed E-state index contributed by atoms with van der Waals surface area (Å²) in [7, 11) is 0. The molecule has 1 aromatic rings. The molecular weight excluding hydrogens is 160 g/mol. The van der Waals surface area contributed by atoms with Crippen LogP contribution in [0.25, 0.3) is 0 Å². The Kier molecular flexibility index (Phi) is 1.92. The zero-order chi connectivity index (χ0) is 9.47. The van der Waals surface area contributed by atoms with Gasteiger partial charge < -0.3 is 5.11 Å². The van der Waals surface area contributed by atoms with Crippen LogP contribution in [0.5, 0.6) is 0 Å². The lowest BCUT2D eigenvalue weighted by molar-refractivity contribution is 0.0546. The van der Waals surface area contributed by atoms with Gasteiger partial charge in [-0.05, 0) is 37.7 Å². The van der Waals surface area contributed by atoms with E-state index < -0.39 is 5.60 Å². The van der Waals surface area contributed by atoms with E-state index in [1.165, 1.54) is 5.56 Å². The Morgan fingerprint density at radius 2 is 1.85 bits per heavy atom. The molecule has 0 spiro atoms. The molecule has 1 aromatic carbocycles. The Labute approximate surface area is 79.4 Å². The van der Waals surface area contributed by atoms with E-state index >= 15 is 0 Å². The van der Waals surface area contributed by atoms with Gasteiger partial charge in [0.05, 0.1) is 5.60 Å². The van der Waals surface area contributed by atoms with Crippen molar-refractivity contribution in [2.24, 2.45) is 5.92 Å². The predicted octanol–water partition coefficient (Wildman–Crippen LogP) is 2.56. The number of hydrogen-bond acceptors (Lipinski definition) is 1. The van der Waals surface area contributed by atoms with Crippen molar-refractivity contribution in [1.82, 2.24) is 0 Å². The zero-order valence-corrected chi connectivity index (χ0v) is 8.20. The van der Waals surface area contributed by atoms with Crippen LogP contribution in [0, 0.1) is 5.92 Å². The minimum Gasteiger partial charge on any atom is -0.390 e. The summed E-state index contributed by atoms with van der Waals surface area (Å²) in [6.07, 6.45) is 1.13. The molecule has 1 aliphatic carbocycles. The number of rotatable bonds is 2. The average Bonchev–Trinajstić information content (AvgIpc) is 2.83. The van der Waals surface area contributed by atoms with Gasteiger partial charge >= 0.3 is 0 Å². The molecular formula is C12H16O. The molecule has 1 saturated carbocycles. The molecule has 0 aliphatic heterocycles. The van der Waals surface area contributed by atoms with Crippen LogP contribution < -0.4 is 0 Å². The molecule has 0 amide bonds. The van der Waals surface area contributed by atoms with Gasteiger partial charge in [0.15, 0.2) is 0 Å². The molecule has 1 heteroatoms. The van der Waals surface area contributed by atoms with Crippen LogP contribution in [0.4, 0.5) is 0 Å². The van der Waals surface area contributed by atoms with E-state index in [1.54, 1.807) is 0 Å². The normalized spacial score (nSPS) is 27.3. The Morgan fingerprint density at radius 1 is 1.23 bits per heavy atom. The van der Waals surface area contributed by atoms with Gasteiger partial charge in [-0.2, -0.15) is 0 Å². The van der Waals surface area contributed by atoms with Gasteiger partial charge in [-0.1, -0.05) is 30.3 Å². The van der Waals surface area contributed by atoms with E-state index in [0.29, 0.717) is 11.8 Å². The fraction of sp³-hybridized carbons (Fsp3) is 0.500. The van der Waals surface area contributed by atoms with Crippen molar-refractivity contribution >= 4 is 0 Å². The molecule has 1 aliphatic rings. The average molecular weight is 176 g/mol. The molecule has 0 heterocycles. The van der Waals surface area contributed by atoms with Gasteiger partial charge in [0.1, 0.15) is 0 Å². The molecule has 70 valence electrons. The molecule has 1 N–H and O–H groups in total. The highest BCUT2D eigenvalue weighted by atomic mass is 16.3. The third-order valence-corrected chi connectivity index (χ3v) is 2.93. The Hall–Kier alpha value is -0.820. The standard InChI is InChI=1S/C12H16O/c1-12(2,13)11-8-10(11)9-6-4-3-5-7-9/h3-7,10-11,13H,8H2,1-2H3. The third kappa shape index (κ3) is 1.75. The SMILES string of the molecule is CC(C)(O)C1CC1c1ccccc1. The molecule has 0 aromatic heterocycles. The summed E-state index contributed by atoms with van der Waals surface area (Å²) < 4.78 is 0. The fourth-order valence-corrected chi connectivity index (χ4v) is 2.04. The lowest BCUT2D eigenvalue weighted by atomic mass is 9.99. The Bertz CT molecular complexity index is 284. The zero-order valence-electron chi connectivity index (χ0n) is 8.20. The van der Waals surface area contributed by atoms with Gasteiger partial charge in [0.25, 0.3) is 0 Å². The van der Waals surface area contributed by atoms with Crippen molar-refractivity contribution in [3.8, 4) is 0 Å². The summed E-state index contributed by atoms with van der Waals surface area (Å²) in [6, 6.07) is 10.5. The van der Waals surface area contributed by atoms with Gasteiger partial charge in [0, 0.05) is 0 Å².